The van der Waals surface area contributed by atoms with Gasteiger partial charge in [-0.05, 0) is 19.3 Å². The third-order valence-corrected chi connectivity index (χ3v) is 6.44. The highest BCUT2D eigenvalue weighted by atomic mass is 32.1. The Kier molecular flexibility index (Phi) is 6.70. The van der Waals surface area contributed by atoms with Crippen LogP contribution < -0.4 is 10.2 Å². The lowest BCUT2D eigenvalue weighted by Gasteiger charge is -2.35. The molecular formula is C19H30N4O3S. The number of piperazine rings is 1. The molecule has 0 bridgehead atoms. The Balaban J connectivity index is 1.56. The lowest BCUT2D eigenvalue weighted by atomic mass is 9.90. The molecule has 0 spiro atoms. The third kappa shape index (κ3) is 4.79. The summed E-state index contributed by atoms with van der Waals surface area (Å²) in [5, 5.41) is 3.99. The molecule has 1 atom stereocenters. The molecule has 7 nitrogen and oxygen atoms in total. The summed E-state index contributed by atoms with van der Waals surface area (Å²) in [6, 6.07) is 0. The van der Waals surface area contributed by atoms with Crippen LogP contribution in [0.3, 0.4) is 0 Å². The molecule has 150 valence electrons. The van der Waals surface area contributed by atoms with Gasteiger partial charge < -0.3 is 19.9 Å². The van der Waals surface area contributed by atoms with Gasteiger partial charge >= 0.3 is 0 Å². The number of aromatic nitrogens is 1. The van der Waals surface area contributed by atoms with Gasteiger partial charge in [-0.25, -0.2) is 4.98 Å². The zero-order valence-electron chi connectivity index (χ0n) is 16.5. The number of aryl methyl sites for hydroxylation is 1. The van der Waals surface area contributed by atoms with E-state index in [0.29, 0.717) is 13.2 Å². The number of anilines is 1. The van der Waals surface area contributed by atoms with E-state index in [1.54, 1.807) is 18.4 Å². The summed E-state index contributed by atoms with van der Waals surface area (Å²) < 4.78 is 4.99. The van der Waals surface area contributed by atoms with E-state index >= 15 is 0 Å². The molecule has 1 unspecified atom stereocenters. The largest absolute Gasteiger partial charge is 0.383 e. The smallest absolute Gasteiger partial charge is 0.225 e. The van der Waals surface area contributed by atoms with Crippen LogP contribution in [0.25, 0.3) is 0 Å². The molecular weight excluding hydrogens is 364 g/mol. The monoisotopic (exact) mass is 394 g/mol. The number of thiazole rings is 1. The minimum Gasteiger partial charge on any atom is -0.383 e. The Bertz CT molecular complexity index is 668. The van der Waals surface area contributed by atoms with Gasteiger partial charge in [0.05, 0.1) is 12.3 Å². The van der Waals surface area contributed by atoms with E-state index < -0.39 is 0 Å². The summed E-state index contributed by atoms with van der Waals surface area (Å²) in [5.74, 6) is 0.433. The fourth-order valence-corrected chi connectivity index (χ4v) is 4.86. The number of fused-ring (bicyclic) bond motifs is 1. The SMILES string of the molecule is COCCNC(=O)C1CCc2nc(N3CCN(C(=O)C(C)C)CC3)sc2C1. The quantitative estimate of drug-likeness (QED) is 0.737. The molecule has 1 aliphatic carbocycles. The van der Waals surface area contributed by atoms with E-state index in [-0.39, 0.29) is 23.7 Å². The van der Waals surface area contributed by atoms with Crippen molar-refractivity contribution in [3.63, 3.8) is 0 Å². The van der Waals surface area contributed by atoms with Gasteiger partial charge in [0.25, 0.3) is 0 Å². The maximum Gasteiger partial charge on any atom is 0.225 e. The highest BCUT2D eigenvalue weighted by Gasteiger charge is 2.30. The highest BCUT2D eigenvalue weighted by Crippen LogP contribution is 2.34. The summed E-state index contributed by atoms with van der Waals surface area (Å²) in [4.78, 5) is 34.8. The van der Waals surface area contributed by atoms with Crippen molar-refractivity contribution in [2.45, 2.75) is 33.1 Å². The summed E-state index contributed by atoms with van der Waals surface area (Å²) in [5.41, 5.74) is 1.15. The number of hydrogen-bond donors (Lipinski definition) is 1. The lowest BCUT2D eigenvalue weighted by Crippen LogP contribution is -2.49. The standard InChI is InChI=1S/C19H30N4O3S/c1-13(2)18(25)22-7-9-23(10-8-22)19-21-15-5-4-14(12-16(15)27-19)17(24)20-6-11-26-3/h13-14H,4-12H2,1-3H3,(H,20,24). The second kappa shape index (κ2) is 9.01. The van der Waals surface area contributed by atoms with Crippen molar-refractivity contribution < 1.29 is 14.3 Å². The maximum atomic E-state index is 12.3. The van der Waals surface area contributed by atoms with Gasteiger partial charge in [-0.2, -0.15) is 0 Å². The predicted octanol–water partition coefficient (Wildman–Crippen LogP) is 1.32. The van der Waals surface area contributed by atoms with E-state index in [9.17, 15) is 9.59 Å². The fourth-order valence-electron chi connectivity index (χ4n) is 3.62. The van der Waals surface area contributed by atoms with Gasteiger partial charge in [0, 0.05) is 56.5 Å². The number of amides is 2. The van der Waals surface area contributed by atoms with Gasteiger partial charge in [-0.1, -0.05) is 13.8 Å². The number of ether oxygens (including phenoxy) is 1. The molecule has 2 aliphatic rings. The van der Waals surface area contributed by atoms with E-state index in [4.69, 9.17) is 9.72 Å². The Morgan fingerprint density at radius 1 is 1.30 bits per heavy atom. The molecule has 2 amide bonds. The number of carbonyl (C=O) groups is 2. The second-order valence-corrected chi connectivity index (χ2v) is 8.62. The van der Waals surface area contributed by atoms with Crippen LogP contribution >= 0.6 is 11.3 Å². The second-order valence-electron chi connectivity index (χ2n) is 7.56. The first-order valence-electron chi connectivity index (χ1n) is 9.78. The van der Waals surface area contributed by atoms with Crippen molar-refractivity contribution in [2.24, 2.45) is 11.8 Å². The molecule has 0 aromatic carbocycles. The van der Waals surface area contributed by atoms with Crippen LogP contribution in [0.15, 0.2) is 0 Å². The van der Waals surface area contributed by atoms with E-state index in [2.05, 4.69) is 10.2 Å². The molecule has 1 saturated heterocycles. The zero-order chi connectivity index (χ0) is 19.4. The Morgan fingerprint density at radius 3 is 2.70 bits per heavy atom. The predicted molar refractivity (Wildman–Crippen MR) is 106 cm³/mol. The van der Waals surface area contributed by atoms with Crippen molar-refractivity contribution in [2.75, 3.05) is 51.3 Å². The molecule has 1 N–H and O–H groups in total. The molecule has 0 saturated carbocycles. The Morgan fingerprint density at radius 2 is 2.04 bits per heavy atom. The van der Waals surface area contributed by atoms with Crippen LogP contribution in [-0.4, -0.2) is 68.1 Å². The normalized spacial score (nSPS) is 19.9. The molecule has 0 radical (unpaired) electrons. The van der Waals surface area contributed by atoms with Crippen LogP contribution in [0.4, 0.5) is 5.13 Å². The van der Waals surface area contributed by atoms with Gasteiger partial charge in [0.15, 0.2) is 5.13 Å². The number of carbonyl (C=O) groups excluding carboxylic acids is 2. The summed E-state index contributed by atoms with van der Waals surface area (Å²) >= 11 is 1.71. The van der Waals surface area contributed by atoms with Crippen LogP contribution in [0, 0.1) is 11.8 Å². The van der Waals surface area contributed by atoms with Crippen LogP contribution in [0.5, 0.6) is 0 Å². The van der Waals surface area contributed by atoms with Crippen molar-refractivity contribution in [3.8, 4) is 0 Å². The van der Waals surface area contributed by atoms with Crippen molar-refractivity contribution in [3.05, 3.63) is 10.6 Å². The minimum absolute atomic E-state index is 0.0307. The fraction of sp³-hybridized carbons (Fsp3) is 0.737. The third-order valence-electron chi connectivity index (χ3n) is 5.26. The molecule has 1 aromatic rings. The zero-order valence-corrected chi connectivity index (χ0v) is 17.3. The van der Waals surface area contributed by atoms with Gasteiger partial charge in [0.1, 0.15) is 0 Å². The molecule has 1 aliphatic heterocycles. The maximum absolute atomic E-state index is 12.3. The van der Waals surface area contributed by atoms with Gasteiger partial charge in [0.2, 0.25) is 11.8 Å². The summed E-state index contributed by atoms with van der Waals surface area (Å²) in [6.45, 7) is 8.16. The average Bonchev–Trinajstić information content (AvgIpc) is 3.10. The van der Waals surface area contributed by atoms with Crippen molar-refractivity contribution >= 4 is 28.3 Å². The average molecular weight is 395 g/mol. The molecule has 2 heterocycles. The van der Waals surface area contributed by atoms with E-state index in [0.717, 1.165) is 56.3 Å². The topological polar surface area (TPSA) is 74.8 Å². The Hall–Kier alpha value is -1.67. The number of nitrogens with zero attached hydrogens (tertiary/aromatic N) is 3. The first-order valence-corrected chi connectivity index (χ1v) is 10.6. The van der Waals surface area contributed by atoms with Gasteiger partial charge in [-0.15, -0.1) is 11.3 Å². The minimum atomic E-state index is 0.0307. The summed E-state index contributed by atoms with van der Waals surface area (Å²) in [7, 11) is 1.64. The molecule has 1 aromatic heterocycles. The van der Waals surface area contributed by atoms with Crippen LogP contribution in [0.2, 0.25) is 0 Å². The van der Waals surface area contributed by atoms with Crippen LogP contribution in [0.1, 0.15) is 30.8 Å². The summed E-state index contributed by atoms with van der Waals surface area (Å²) in [6.07, 6.45) is 2.49. The number of methoxy groups -OCH3 is 1. The van der Waals surface area contributed by atoms with Crippen LogP contribution in [-0.2, 0) is 27.2 Å². The number of rotatable bonds is 6. The van der Waals surface area contributed by atoms with Crippen molar-refractivity contribution in [1.82, 2.24) is 15.2 Å². The highest BCUT2D eigenvalue weighted by molar-refractivity contribution is 7.15. The molecule has 27 heavy (non-hydrogen) atoms. The number of nitrogens with one attached hydrogen (secondary N) is 1. The Labute approximate surface area is 165 Å². The number of hydrogen-bond acceptors (Lipinski definition) is 6. The van der Waals surface area contributed by atoms with Crippen molar-refractivity contribution in [1.29, 1.82) is 0 Å². The lowest BCUT2D eigenvalue weighted by molar-refractivity contribution is -0.134. The van der Waals surface area contributed by atoms with Gasteiger partial charge in [-0.3, -0.25) is 9.59 Å². The molecule has 1 fully saturated rings. The first-order chi connectivity index (χ1) is 13.0. The van der Waals surface area contributed by atoms with E-state index in [1.807, 2.05) is 18.7 Å². The first kappa shape index (κ1) is 20.1. The molecule has 8 heteroatoms. The molecule has 3 rings (SSSR count). The van der Waals surface area contributed by atoms with E-state index in [1.165, 1.54) is 4.88 Å².